The molecule has 0 spiro atoms. The van der Waals surface area contributed by atoms with Crippen LogP contribution in [0.4, 0.5) is 5.69 Å². The summed E-state index contributed by atoms with van der Waals surface area (Å²) in [7, 11) is -0.914. The standard InChI is InChI=1S/C11H14N2O4S2/c1-19(17)7-6-12-11(14)8-18-10-4-2-9(3-5-10)13(15)16/h2-5H,6-8H2,1H3,(H,12,14)/t19-/m1/s1. The predicted molar refractivity (Wildman–Crippen MR) is 75.8 cm³/mol. The number of carbonyl (C=O) groups excluding carboxylic acids is 1. The first-order chi connectivity index (χ1) is 8.99. The van der Waals surface area contributed by atoms with Crippen molar-refractivity contribution in [3.8, 4) is 0 Å². The molecule has 8 heteroatoms. The molecule has 1 atom stereocenters. The van der Waals surface area contributed by atoms with Crippen LogP contribution in [-0.2, 0) is 15.6 Å². The molecule has 0 fully saturated rings. The number of benzene rings is 1. The van der Waals surface area contributed by atoms with Gasteiger partial charge in [0.15, 0.2) is 0 Å². The van der Waals surface area contributed by atoms with Crippen LogP contribution in [0.2, 0.25) is 0 Å². The predicted octanol–water partition coefficient (Wildman–Crippen LogP) is 1.18. The third kappa shape index (κ3) is 6.35. The fourth-order valence-corrected chi connectivity index (χ4v) is 2.32. The molecule has 1 N–H and O–H groups in total. The van der Waals surface area contributed by atoms with Gasteiger partial charge in [-0.1, -0.05) is 0 Å². The Morgan fingerprint density at radius 2 is 2.05 bits per heavy atom. The number of nitro groups is 1. The second-order valence-electron chi connectivity index (χ2n) is 3.67. The maximum absolute atomic E-state index is 11.4. The van der Waals surface area contributed by atoms with Gasteiger partial charge in [-0.2, -0.15) is 0 Å². The number of non-ortho nitro benzene ring substituents is 1. The summed E-state index contributed by atoms with van der Waals surface area (Å²) < 4.78 is 10.8. The molecule has 0 aliphatic heterocycles. The molecule has 1 aromatic rings. The summed E-state index contributed by atoms with van der Waals surface area (Å²) in [5.74, 6) is 0.524. The first kappa shape index (κ1) is 15.6. The van der Waals surface area contributed by atoms with Gasteiger partial charge in [-0.15, -0.1) is 11.8 Å². The highest BCUT2D eigenvalue weighted by Gasteiger charge is 2.06. The van der Waals surface area contributed by atoms with Crippen LogP contribution in [0, 0.1) is 10.1 Å². The van der Waals surface area contributed by atoms with Crippen molar-refractivity contribution < 1.29 is 13.9 Å². The van der Waals surface area contributed by atoms with Gasteiger partial charge in [-0.25, -0.2) is 0 Å². The lowest BCUT2D eigenvalue weighted by atomic mass is 10.3. The minimum atomic E-state index is -0.914. The van der Waals surface area contributed by atoms with Crippen LogP contribution < -0.4 is 5.32 Å². The number of nitrogens with one attached hydrogen (secondary N) is 1. The Kier molecular flexibility index (Phi) is 6.51. The van der Waals surface area contributed by atoms with E-state index in [1.807, 2.05) is 0 Å². The smallest absolute Gasteiger partial charge is 0.269 e. The van der Waals surface area contributed by atoms with Crippen LogP contribution in [0.1, 0.15) is 0 Å². The minimum Gasteiger partial charge on any atom is -0.354 e. The molecule has 0 radical (unpaired) electrons. The van der Waals surface area contributed by atoms with Gasteiger partial charge >= 0.3 is 0 Å². The quantitative estimate of drug-likeness (QED) is 0.464. The first-order valence-electron chi connectivity index (χ1n) is 5.43. The number of hydrogen-bond donors (Lipinski definition) is 1. The average molecular weight is 302 g/mol. The molecule has 0 bridgehead atoms. The highest BCUT2D eigenvalue weighted by Crippen LogP contribution is 2.20. The van der Waals surface area contributed by atoms with Gasteiger partial charge < -0.3 is 5.32 Å². The number of thioether (sulfide) groups is 1. The van der Waals surface area contributed by atoms with Gasteiger partial charge in [0.2, 0.25) is 5.91 Å². The Labute approximate surface area is 117 Å². The van der Waals surface area contributed by atoms with E-state index in [0.717, 1.165) is 4.90 Å². The van der Waals surface area contributed by atoms with Crippen molar-refractivity contribution in [3.63, 3.8) is 0 Å². The van der Waals surface area contributed by atoms with Crippen molar-refractivity contribution in [1.82, 2.24) is 5.32 Å². The average Bonchev–Trinajstić information content (AvgIpc) is 2.36. The van der Waals surface area contributed by atoms with E-state index in [0.29, 0.717) is 12.3 Å². The number of rotatable bonds is 7. The largest absolute Gasteiger partial charge is 0.354 e. The fraction of sp³-hybridized carbons (Fsp3) is 0.364. The number of nitrogens with zero attached hydrogens (tertiary/aromatic N) is 1. The zero-order valence-electron chi connectivity index (χ0n) is 10.3. The van der Waals surface area contributed by atoms with E-state index < -0.39 is 15.7 Å². The Morgan fingerprint density at radius 1 is 1.42 bits per heavy atom. The van der Waals surface area contributed by atoms with E-state index in [2.05, 4.69) is 5.32 Å². The summed E-state index contributed by atoms with van der Waals surface area (Å²) in [5, 5.41) is 13.1. The molecular weight excluding hydrogens is 288 g/mol. The third-order valence-electron chi connectivity index (χ3n) is 2.13. The monoisotopic (exact) mass is 302 g/mol. The highest BCUT2D eigenvalue weighted by molar-refractivity contribution is 8.00. The van der Waals surface area contributed by atoms with Gasteiger partial charge in [0.05, 0.1) is 10.7 Å². The van der Waals surface area contributed by atoms with Crippen LogP contribution in [0.25, 0.3) is 0 Å². The summed E-state index contributed by atoms with van der Waals surface area (Å²) in [6.45, 7) is 0.392. The van der Waals surface area contributed by atoms with Crippen molar-refractivity contribution in [2.24, 2.45) is 0 Å². The van der Waals surface area contributed by atoms with Crippen LogP contribution in [0.3, 0.4) is 0 Å². The lowest BCUT2D eigenvalue weighted by Gasteiger charge is -2.04. The normalized spacial score (nSPS) is 11.8. The third-order valence-corrected chi connectivity index (χ3v) is 3.92. The second-order valence-corrected chi connectivity index (χ2v) is 6.27. The fourth-order valence-electron chi connectivity index (χ4n) is 1.20. The molecule has 0 heterocycles. The highest BCUT2D eigenvalue weighted by atomic mass is 32.2. The van der Waals surface area contributed by atoms with E-state index in [1.165, 1.54) is 23.9 Å². The van der Waals surface area contributed by atoms with Crippen LogP contribution in [0.15, 0.2) is 29.2 Å². The molecule has 1 rings (SSSR count). The van der Waals surface area contributed by atoms with Crippen molar-refractivity contribution in [2.75, 3.05) is 24.3 Å². The molecule has 1 amide bonds. The number of carbonyl (C=O) groups is 1. The lowest BCUT2D eigenvalue weighted by Crippen LogP contribution is -2.28. The molecule has 0 aromatic heterocycles. The molecule has 6 nitrogen and oxygen atoms in total. The Bertz CT molecular complexity index is 476. The second kappa shape index (κ2) is 7.90. The molecule has 1 aromatic carbocycles. The molecule has 19 heavy (non-hydrogen) atoms. The van der Waals surface area contributed by atoms with Crippen LogP contribution in [0.5, 0.6) is 0 Å². The zero-order chi connectivity index (χ0) is 14.3. The van der Waals surface area contributed by atoms with E-state index in [4.69, 9.17) is 0 Å². The van der Waals surface area contributed by atoms with Crippen LogP contribution >= 0.6 is 11.8 Å². The maximum atomic E-state index is 11.4. The Balaban J connectivity index is 2.33. The van der Waals surface area contributed by atoms with Gasteiger partial charge in [-0.05, 0) is 12.1 Å². The molecule has 0 aliphatic rings. The number of nitro benzene ring substituents is 1. The van der Waals surface area contributed by atoms with Crippen molar-refractivity contribution in [2.45, 2.75) is 4.90 Å². The SMILES string of the molecule is C[S@@](=O)CCNC(=O)CSc1ccc([N+](=O)[O-])cc1. The van der Waals surface area contributed by atoms with E-state index in [1.54, 1.807) is 18.4 Å². The van der Waals surface area contributed by atoms with Gasteiger partial charge in [0, 0.05) is 46.4 Å². The van der Waals surface area contributed by atoms with E-state index >= 15 is 0 Å². The molecule has 0 saturated carbocycles. The number of hydrogen-bond acceptors (Lipinski definition) is 5. The van der Waals surface area contributed by atoms with E-state index in [9.17, 15) is 19.1 Å². The molecule has 0 aliphatic carbocycles. The number of amides is 1. The van der Waals surface area contributed by atoms with Gasteiger partial charge in [0.1, 0.15) is 0 Å². The van der Waals surface area contributed by atoms with Crippen LogP contribution in [-0.4, -0.2) is 39.3 Å². The topological polar surface area (TPSA) is 89.3 Å². The van der Waals surface area contributed by atoms with Crippen molar-refractivity contribution in [3.05, 3.63) is 34.4 Å². The lowest BCUT2D eigenvalue weighted by molar-refractivity contribution is -0.384. The molecule has 104 valence electrons. The summed E-state index contributed by atoms with van der Waals surface area (Å²) in [5.41, 5.74) is 0.0271. The zero-order valence-corrected chi connectivity index (χ0v) is 12.0. The molecule has 0 unspecified atom stereocenters. The van der Waals surface area contributed by atoms with Gasteiger partial charge in [-0.3, -0.25) is 19.1 Å². The van der Waals surface area contributed by atoms with Crippen molar-refractivity contribution in [1.29, 1.82) is 0 Å². The van der Waals surface area contributed by atoms with Gasteiger partial charge in [0.25, 0.3) is 5.69 Å². The molecule has 0 saturated heterocycles. The van der Waals surface area contributed by atoms with Crippen molar-refractivity contribution >= 4 is 34.2 Å². The Morgan fingerprint density at radius 3 is 2.58 bits per heavy atom. The van der Waals surface area contributed by atoms with E-state index in [-0.39, 0.29) is 17.3 Å². The summed E-state index contributed by atoms with van der Waals surface area (Å²) in [6.07, 6.45) is 1.58. The summed E-state index contributed by atoms with van der Waals surface area (Å²) in [4.78, 5) is 22.2. The Hall–Kier alpha value is -1.41. The minimum absolute atomic E-state index is 0.0271. The maximum Gasteiger partial charge on any atom is 0.269 e. The summed E-state index contributed by atoms with van der Waals surface area (Å²) in [6, 6.07) is 6.02. The summed E-state index contributed by atoms with van der Waals surface area (Å²) >= 11 is 1.30. The first-order valence-corrected chi connectivity index (χ1v) is 8.14. The molecular formula is C11H14N2O4S2.